The predicted molar refractivity (Wildman–Crippen MR) is 308 cm³/mol. The van der Waals surface area contributed by atoms with Gasteiger partial charge in [0.05, 0.1) is 0 Å². The zero-order chi connectivity index (χ0) is 48.4. The van der Waals surface area contributed by atoms with Crippen LogP contribution in [0.25, 0.3) is 120 Å². The molecule has 0 spiro atoms. The van der Waals surface area contributed by atoms with Gasteiger partial charge in [0.25, 0.3) is 0 Å². The molecule has 0 unspecified atom stereocenters. The molecule has 3 nitrogen and oxygen atoms in total. The number of fused-ring (bicyclic) bond motifs is 12. The number of rotatable bonds is 7. The number of thiophene rings is 1. The second kappa shape index (κ2) is 16.0. The van der Waals surface area contributed by atoms with Crippen LogP contribution in [0.4, 0.5) is 17.1 Å². The molecule has 11 aromatic carbocycles. The van der Waals surface area contributed by atoms with Crippen LogP contribution in [0.5, 0.6) is 0 Å². The van der Waals surface area contributed by atoms with Crippen LogP contribution in [0, 0.1) is 0 Å². The van der Waals surface area contributed by atoms with Gasteiger partial charge in [-0.2, -0.15) is 0 Å². The van der Waals surface area contributed by atoms with Gasteiger partial charge in [0.1, 0.15) is 22.3 Å². The molecule has 1 aliphatic rings. The lowest BCUT2D eigenvalue weighted by atomic mass is 9.81. The van der Waals surface area contributed by atoms with Crippen LogP contribution in [0.15, 0.2) is 245 Å². The fourth-order valence-corrected chi connectivity index (χ4v) is 13.1. The number of furan rings is 2. The fraction of sp³-hybridized carbons (Fsp3) is 0.0435. The first-order valence-corrected chi connectivity index (χ1v) is 25.9. The van der Waals surface area contributed by atoms with Gasteiger partial charge in [0, 0.05) is 69.8 Å². The molecule has 0 radical (unpaired) electrons. The normalized spacial score (nSPS) is 12.9. The maximum absolute atomic E-state index is 6.49. The molecule has 344 valence electrons. The van der Waals surface area contributed by atoms with Gasteiger partial charge in [0.15, 0.2) is 0 Å². The number of nitrogens with zero attached hydrogens (tertiary/aromatic N) is 1. The lowest BCUT2D eigenvalue weighted by Crippen LogP contribution is -2.15. The Balaban J connectivity index is 0.795. The van der Waals surface area contributed by atoms with Gasteiger partial charge in [-0.1, -0.05) is 178 Å². The first kappa shape index (κ1) is 41.8. The highest BCUT2D eigenvalue weighted by Crippen LogP contribution is 2.52. The summed E-state index contributed by atoms with van der Waals surface area (Å²) in [5.74, 6) is 0. The Morgan fingerprint density at radius 3 is 1.64 bits per heavy atom. The molecule has 0 amide bonds. The van der Waals surface area contributed by atoms with Crippen LogP contribution in [-0.4, -0.2) is 0 Å². The summed E-state index contributed by atoms with van der Waals surface area (Å²) in [7, 11) is 0. The molecular weight excluding hydrogens is 907 g/mol. The smallest absolute Gasteiger partial charge is 0.143 e. The molecule has 14 aromatic rings. The Kier molecular flexibility index (Phi) is 9.17. The van der Waals surface area contributed by atoms with E-state index in [0.717, 1.165) is 77.6 Å². The van der Waals surface area contributed by atoms with E-state index in [1.807, 2.05) is 29.5 Å². The summed E-state index contributed by atoms with van der Waals surface area (Å²) in [6.45, 7) is 4.71. The molecule has 0 bridgehead atoms. The highest BCUT2D eigenvalue weighted by Gasteiger charge is 2.36. The highest BCUT2D eigenvalue weighted by atomic mass is 32.1. The fourth-order valence-electron chi connectivity index (χ4n) is 11.9. The number of benzene rings is 11. The third-order valence-electron chi connectivity index (χ3n) is 15.5. The molecule has 3 aromatic heterocycles. The molecule has 15 rings (SSSR count). The lowest BCUT2D eigenvalue weighted by Gasteiger charge is -2.26. The van der Waals surface area contributed by atoms with Crippen molar-refractivity contribution in [1.29, 1.82) is 0 Å². The first-order valence-electron chi connectivity index (χ1n) is 25.0. The molecular formula is C69H45NO2S. The first-order chi connectivity index (χ1) is 35.9. The summed E-state index contributed by atoms with van der Waals surface area (Å²) in [5, 5.41) is 7.19. The second-order valence-electron chi connectivity index (χ2n) is 20.0. The van der Waals surface area contributed by atoms with Crippen molar-refractivity contribution >= 4 is 92.4 Å². The Morgan fingerprint density at radius 1 is 0.342 bits per heavy atom. The lowest BCUT2D eigenvalue weighted by molar-refractivity contribution is 0.660. The van der Waals surface area contributed by atoms with Crippen molar-refractivity contribution in [2.75, 3.05) is 4.90 Å². The Bertz CT molecular complexity index is 4510. The summed E-state index contributed by atoms with van der Waals surface area (Å²) >= 11 is 1.87. The number of para-hydroxylation sites is 3. The van der Waals surface area contributed by atoms with Crippen LogP contribution in [0.3, 0.4) is 0 Å². The second-order valence-corrected chi connectivity index (χ2v) is 21.0. The van der Waals surface area contributed by atoms with Gasteiger partial charge in [-0.05, 0) is 134 Å². The monoisotopic (exact) mass is 951 g/mol. The van der Waals surface area contributed by atoms with Crippen LogP contribution >= 0.6 is 11.3 Å². The molecule has 4 heteroatoms. The summed E-state index contributed by atoms with van der Waals surface area (Å²) in [6.07, 6.45) is 0. The van der Waals surface area contributed by atoms with E-state index in [0.29, 0.717) is 0 Å². The van der Waals surface area contributed by atoms with Gasteiger partial charge >= 0.3 is 0 Å². The maximum atomic E-state index is 6.49. The SMILES string of the molecule is CC1(C)c2ccc(-c3ccc(N(c4ccc(-c5cccc6c5sc5ccccc56)cc4)c4ccc(-c5cccc6oc7ccccc7c56)cc4)cc3)cc2-c2ccc(-c3cccc4c3oc3ccccc34)cc21. The van der Waals surface area contributed by atoms with Crippen molar-refractivity contribution in [2.45, 2.75) is 19.3 Å². The Labute approximate surface area is 426 Å². The largest absolute Gasteiger partial charge is 0.456 e. The Morgan fingerprint density at radius 2 is 0.890 bits per heavy atom. The summed E-state index contributed by atoms with van der Waals surface area (Å²) < 4.78 is 15.4. The van der Waals surface area contributed by atoms with Gasteiger partial charge in [-0.25, -0.2) is 0 Å². The standard InChI is InChI=1S/C69H45NO2S/c1-69(2)60-39-31-45(40-59(60)53-38-30-46(41-61(53)69)51-16-9-18-56-54-12-3-6-20-62(54)72-67(51)56)42-24-32-47(33-25-42)70(48-34-26-43(27-35-48)50-15-11-22-64-66(50)58-14-4-7-21-63(58)71-64)49-36-28-44(29-37-49)52-17-10-19-57-55-13-5-8-23-65(55)73-68(52)57/h3-41H,1-2H3. The van der Waals surface area contributed by atoms with Gasteiger partial charge in [-0.3, -0.25) is 0 Å². The maximum Gasteiger partial charge on any atom is 0.143 e. The minimum atomic E-state index is -0.167. The average Bonchev–Trinajstić information content (AvgIpc) is 4.21. The summed E-state index contributed by atoms with van der Waals surface area (Å²) in [5.41, 5.74) is 21.4. The minimum Gasteiger partial charge on any atom is -0.456 e. The third-order valence-corrected chi connectivity index (χ3v) is 16.7. The number of anilines is 3. The van der Waals surface area contributed by atoms with Crippen molar-refractivity contribution in [3.05, 3.63) is 248 Å². The van der Waals surface area contributed by atoms with E-state index in [1.54, 1.807) is 0 Å². The van der Waals surface area contributed by atoms with Gasteiger partial charge in [-0.15, -0.1) is 11.3 Å². The van der Waals surface area contributed by atoms with Gasteiger partial charge in [0.2, 0.25) is 0 Å². The third kappa shape index (κ3) is 6.50. The Hall–Kier alpha value is -8.96. The topological polar surface area (TPSA) is 29.5 Å². The molecule has 1 aliphatic carbocycles. The van der Waals surface area contributed by atoms with E-state index >= 15 is 0 Å². The predicted octanol–water partition coefficient (Wildman–Crippen LogP) is 20.3. The van der Waals surface area contributed by atoms with Crippen LogP contribution in [0.1, 0.15) is 25.0 Å². The van der Waals surface area contributed by atoms with Crippen molar-refractivity contribution in [2.24, 2.45) is 0 Å². The van der Waals surface area contributed by atoms with E-state index in [2.05, 4.69) is 237 Å². The quantitative estimate of drug-likeness (QED) is 0.159. The van der Waals surface area contributed by atoms with Crippen LogP contribution in [0.2, 0.25) is 0 Å². The molecule has 0 N–H and O–H groups in total. The van der Waals surface area contributed by atoms with Gasteiger partial charge < -0.3 is 13.7 Å². The average molecular weight is 952 g/mol. The van der Waals surface area contributed by atoms with Crippen molar-refractivity contribution < 1.29 is 8.83 Å². The molecule has 0 atom stereocenters. The van der Waals surface area contributed by atoms with E-state index < -0.39 is 0 Å². The van der Waals surface area contributed by atoms with Crippen LogP contribution in [-0.2, 0) is 5.41 Å². The van der Waals surface area contributed by atoms with E-state index in [9.17, 15) is 0 Å². The van der Waals surface area contributed by atoms with E-state index in [-0.39, 0.29) is 5.41 Å². The number of hydrogen-bond donors (Lipinski definition) is 0. The van der Waals surface area contributed by atoms with Crippen molar-refractivity contribution in [3.63, 3.8) is 0 Å². The van der Waals surface area contributed by atoms with Crippen molar-refractivity contribution in [3.8, 4) is 55.6 Å². The molecule has 3 heterocycles. The van der Waals surface area contributed by atoms with Crippen molar-refractivity contribution in [1.82, 2.24) is 0 Å². The molecule has 0 fully saturated rings. The summed E-state index contributed by atoms with van der Waals surface area (Å²) in [4.78, 5) is 2.37. The minimum absolute atomic E-state index is 0.167. The highest BCUT2D eigenvalue weighted by molar-refractivity contribution is 7.26. The van der Waals surface area contributed by atoms with E-state index in [1.165, 1.54) is 70.2 Å². The molecule has 0 aliphatic heterocycles. The molecule has 73 heavy (non-hydrogen) atoms. The zero-order valence-corrected chi connectivity index (χ0v) is 41.0. The summed E-state index contributed by atoms with van der Waals surface area (Å²) in [6, 6.07) is 86.1. The number of hydrogen-bond acceptors (Lipinski definition) is 4. The zero-order valence-electron chi connectivity index (χ0n) is 40.2. The van der Waals surface area contributed by atoms with Crippen LogP contribution < -0.4 is 4.90 Å². The molecule has 0 saturated carbocycles. The molecule has 0 saturated heterocycles. The van der Waals surface area contributed by atoms with E-state index in [4.69, 9.17) is 8.83 Å².